The smallest absolute Gasteiger partial charge is 0.244 e. The molecule has 0 spiro atoms. The highest BCUT2D eigenvalue weighted by Gasteiger charge is 2.30. The van der Waals surface area contributed by atoms with Crippen LogP contribution < -0.4 is 0 Å². The number of rotatable bonds is 4. The third-order valence-corrected chi connectivity index (χ3v) is 6.16. The van der Waals surface area contributed by atoms with E-state index in [-0.39, 0.29) is 15.1 Å². The molecule has 1 aliphatic rings. The molecule has 0 amide bonds. The van der Waals surface area contributed by atoms with Gasteiger partial charge in [-0.1, -0.05) is 23.2 Å². The molecular weight excluding hydrogens is 333 g/mol. The van der Waals surface area contributed by atoms with E-state index in [1.165, 1.54) is 16.6 Å². The zero-order valence-corrected chi connectivity index (χ0v) is 14.4. The van der Waals surface area contributed by atoms with Gasteiger partial charge < -0.3 is 4.90 Å². The van der Waals surface area contributed by atoms with Crippen molar-refractivity contribution < 1.29 is 8.42 Å². The minimum Gasteiger partial charge on any atom is -0.309 e. The molecule has 1 aliphatic heterocycles. The van der Waals surface area contributed by atoms with E-state index < -0.39 is 10.0 Å². The van der Waals surface area contributed by atoms with Gasteiger partial charge in [-0.15, -0.1) is 0 Å². The summed E-state index contributed by atoms with van der Waals surface area (Å²) in [6.07, 6.45) is 2.99. The van der Waals surface area contributed by atoms with Gasteiger partial charge in [-0.2, -0.15) is 4.31 Å². The minimum atomic E-state index is -3.54. The van der Waals surface area contributed by atoms with Gasteiger partial charge in [0.05, 0.1) is 5.02 Å². The average molecular weight is 352 g/mol. The summed E-state index contributed by atoms with van der Waals surface area (Å²) in [6.45, 7) is 2.05. The van der Waals surface area contributed by atoms with Crippen LogP contribution >= 0.6 is 23.2 Å². The van der Waals surface area contributed by atoms with Crippen molar-refractivity contribution in [2.45, 2.75) is 17.7 Å². The SMILES string of the molecule is CN(C)CC1CCN(S(=O)(=O)c2cnc(Cl)c(Cl)c2)CC1. The minimum absolute atomic E-state index is 0.1000. The van der Waals surface area contributed by atoms with Gasteiger partial charge in [0.25, 0.3) is 0 Å². The van der Waals surface area contributed by atoms with Gasteiger partial charge in [-0.3, -0.25) is 0 Å². The Labute approximate surface area is 135 Å². The first-order valence-corrected chi connectivity index (χ1v) is 8.96. The summed E-state index contributed by atoms with van der Waals surface area (Å²) in [7, 11) is 0.525. The first kappa shape index (κ1) is 17.0. The molecule has 2 heterocycles. The van der Waals surface area contributed by atoms with Crippen LogP contribution in [-0.2, 0) is 10.0 Å². The lowest BCUT2D eigenvalue weighted by molar-refractivity contribution is 0.225. The fraction of sp³-hybridized carbons (Fsp3) is 0.615. The lowest BCUT2D eigenvalue weighted by atomic mass is 9.98. The van der Waals surface area contributed by atoms with E-state index in [9.17, 15) is 8.42 Å². The molecule has 1 aromatic rings. The Balaban J connectivity index is 2.09. The van der Waals surface area contributed by atoms with Crippen molar-refractivity contribution in [3.05, 3.63) is 22.4 Å². The van der Waals surface area contributed by atoms with Crippen molar-refractivity contribution >= 4 is 33.2 Å². The predicted molar refractivity (Wildman–Crippen MR) is 84.3 cm³/mol. The molecule has 0 saturated carbocycles. The van der Waals surface area contributed by atoms with E-state index in [4.69, 9.17) is 23.2 Å². The molecular formula is C13H19Cl2N3O2S. The van der Waals surface area contributed by atoms with Gasteiger partial charge in [-0.05, 0) is 38.9 Å². The van der Waals surface area contributed by atoms with Crippen molar-refractivity contribution in [1.29, 1.82) is 0 Å². The molecule has 8 heteroatoms. The maximum atomic E-state index is 12.6. The first-order valence-electron chi connectivity index (χ1n) is 6.76. The number of hydrogen-bond donors (Lipinski definition) is 0. The molecule has 1 aromatic heterocycles. The Morgan fingerprint density at radius 2 is 1.95 bits per heavy atom. The monoisotopic (exact) mass is 351 g/mol. The maximum Gasteiger partial charge on any atom is 0.244 e. The first-order chi connectivity index (χ1) is 9.80. The summed E-state index contributed by atoms with van der Waals surface area (Å²) in [5.74, 6) is 0.540. The third kappa shape index (κ3) is 4.07. The molecule has 118 valence electrons. The van der Waals surface area contributed by atoms with E-state index >= 15 is 0 Å². The zero-order chi connectivity index (χ0) is 15.6. The fourth-order valence-electron chi connectivity index (χ4n) is 2.54. The van der Waals surface area contributed by atoms with Crippen LogP contribution in [0.5, 0.6) is 0 Å². The molecule has 0 atom stereocenters. The zero-order valence-electron chi connectivity index (χ0n) is 12.1. The average Bonchev–Trinajstić information content (AvgIpc) is 2.41. The quantitative estimate of drug-likeness (QED) is 0.781. The lowest BCUT2D eigenvalue weighted by Crippen LogP contribution is -2.40. The number of pyridine rings is 1. The summed E-state index contributed by atoms with van der Waals surface area (Å²) in [6, 6.07) is 1.36. The molecule has 0 bridgehead atoms. The Hall–Kier alpha value is -0.400. The number of sulfonamides is 1. The second kappa shape index (κ2) is 6.79. The molecule has 0 unspecified atom stereocenters. The van der Waals surface area contributed by atoms with Crippen LogP contribution in [0.1, 0.15) is 12.8 Å². The number of aromatic nitrogens is 1. The van der Waals surface area contributed by atoms with Crippen molar-refractivity contribution in [3.63, 3.8) is 0 Å². The predicted octanol–water partition coefficient (Wildman–Crippen LogP) is 2.35. The van der Waals surface area contributed by atoms with Crippen molar-refractivity contribution in [3.8, 4) is 0 Å². The second-order valence-electron chi connectivity index (χ2n) is 5.55. The summed E-state index contributed by atoms with van der Waals surface area (Å²) in [4.78, 5) is 6.05. The van der Waals surface area contributed by atoms with Gasteiger partial charge in [0.15, 0.2) is 0 Å². The second-order valence-corrected chi connectivity index (χ2v) is 8.26. The Bertz CT molecular complexity index is 599. The summed E-state index contributed by atoms with van der Waals surface area (Å²) < 4.78 is 26.6. The topological polar surface area (TPSA) is 53.5 Å². The van der Waals surface area contributed by atoms with Crippen LogP contribution in [0.4, 0.5) is 0 Å². The van der Waals surface area contributed by atoms with Crippen LogP contribution in [0, 0.1) is 5.92 Å². The van der Waals surface area contributed by atoms with Crippen LogP contribution in [0.15, 0.2) is 17.2 Å². The highest BCUT2D eigenvalue weighted by Crippen LogP contribution is 2.27. The molecule has 0 aliphatic carbocycles. The molecule has 0 aromatic carbocycles. The third-order valence-electron chi connectivity index (χ3n) is 3.61. The van der Waals surface area contributed by atoms with Crippen molar-refractivity contribution in [2.75, 3.05) is 33.7 Å². The number of nitrogens with zero attached hydrogens (tertiary/aromatic N) is 3. The maximum absolute atomic E-state index is 12.6. The Kier molecular flexibility index (Phi) is 5.48. The number of piperidine rings is 1. The molecule has 0 N–H and O–H groups in total. The fourth-order valence-corrected chi connectivity index (χ4v) is 4.32. The lowest BCUT2D eigenvalue weighted by Gasteiger charge is -2.32. The van der Waals surface area contributed by atoms with Gasteiger partial charge in [0, 0.05) is 25.8 Å². The number of halogens is 2. The van der Waals surface area contributed by atoms with Gasteiger partial charge >= 0.3 is 0 Å². The highest BCUT2D eigenvalue weighted by atomic mass is 35.5. The molecule has 1 saturated heterocycles. The molecule has 5 nitrogen and oxygen atoms in total. The van der Waals surface area contributed by atoms with Crippen LogP contribution in [0.25, 0.3) is 0 Å². The van der Waals surface area contributed by atoms with Crippen molar-refractivity contribution in [2.24, 2.45) is 5.92 Å². The van der Waals surface area contributed by atoms with E-state index in [2.05, 4.69) is 9.88 Å². The van der Waals surface area contributed by atoms with Crippen LogP contribution in [0.3, 0.4) is 0 Å². The van der Waals surface area contributed by atoms with E-state index in [0.29, 0.717) is 19.0 Å². The van der Waals surface area contributed by atoms with Crippen molar-refractivity contribution in [1.82, 2.24) is 14.2 Å². The Morgan fingerprint density at radius 3 is 2.48 bits per heavy atom. The molecule has 2 rings (SSSR count). The normalized spacial score (nSPS) is 18.3. The van der Waals surface area contributed by atoms with Crippen LogP contribution in [0.2, 0.25) is 10.2 Å². The van der Waals surface area contributed by atoms with E-state index in [0.717, 1.165) is 19.4 Å². The van der Waals surface area contributed by atoms with Gasteiger partial charge in [-0.25, -0.2) is 13.4 Å². The molecule has 1 fully saturated rings. The van der Waals surface area contributed by atoms with E-state index in [1.807, 2.05) is 14.1 Å². The van der Waals surface area contributed by atoms with Gasteiger partial charge in [0.2, 0.25) is 10.0 Å². The van der Waals surface area contributed by atoms with Crippen LogP contribution in [-0.4, -0.2) is 56.3 Å². The summed E-state index contributed by atoms with van der Waals surface area (Å²) >= 11 is 11.6. The Morgan fingerprint density at radius 1 is 1.33 bits per heavy atom. The molecule has 21 heavy (non-hydrogen) atoms. The summed E-state index contributed by atoms with van der Waals surface area (Å²) in [5.41, 5.74) is 0. The highest BCUT2D eigenvalue weighted by molar-refractivity contribution is 7.89. The molecule has 0 radical (unpaired) electrons. The number of hydrogen-bond acceptors (Lipinski definition) is 4. The largest absolute Gasteiger partial charge is 0.309 e. The standard InChI is InChI=1S/C13H19Cl2N3O2S/c1-17(2)9-10-3-5-18(6-4-10)21(19,20)11-7-12(14)13(15)16-8-11/h7-8,10H,3-6,9H2,1-2H3. The summed E-state index contributed by atoms with van der Waals surface area (Å²) in [5, 5.41) is 0.264. The van der Waals surface area contributed by atoms with Gasteiger partial charge in [0.1, 0.15) is 10.0 Å². The van der Waals surface area contributed by atoms with E-state index in [1.54, 1.807) is 0 Å².